The van der Waals surface area contributed by atoms with Gasteiger partial charge in [0.25, 0.3) is 0 Å². The second-order valence-electron chi connectivity index (χ2n) is 9.00. The van der Waals surface area contributed by atoms with Crippen molar-refractivity contribution in [2.45, 2.75) is 33.1 Å². The van der Waals surface area contributed by atoms with Crippen LogP contribution in [-0.2, 0) is 24.4 Å². The smallest absolute Gasteiger partial charge is 0.341 e. The maximum absolute atomic E-state index is 13.0. The van der Waals surface area contributed by atoms with Crippen LogP contribution in [0.25, 0.3) is 11.1 Å². The van der Waals surface area contributed by atoms with Crippen LogP contribution in [-0.4, -0.2) is 59.3 Å². The Balaban J connectivity index is 0.00000216. The molecule has 0 heterocycles. The van der Waals surface area contributed by atoms with Crippen molar-refractivity contribution in [3.63, 3.8) is 0 Å². The van der Waals surface area contributed by atoms with E-state index in [1.165, 1.54) is 22.3 Å². The molecule has 40 heavy (non-hydrogen) atoms. The van der Waals surface area contributed by atoms with Crippen molar-refractivity contribution < 1.29 is 28.5 Å². The van der Waals surface area contributed by atoms with E-state index < -0.39 is 11.4 Å². The molecular formula is C32H38Br2O6. The molecule has 0 bridgehead atoms. The van der Waals surface area contributed by atoms with Gasteiger partial charge in [0, 0.05) is 21.5 Å². The number of ether oxygens (including phenoxy) is 5. The molecule has 3 aromatic rings. The average Bonchev–Trinajstić information content (AvgIpc) is 3.21. The lowest BCUT2D eigenvalue weighted by molar-refractivity contribution is 0.0178. The lowest BCUT2D eigenvalue weighted by Crippen LogP contribution is -2.23. The molecule has 0 saturated heterocycles. The van der Waals surface area contributed by atoms with E-state index in [0.29, 0.717) is 51.0 Å². The Morgan fingerprint density at radius 3 is 1.88 bits per heavy atom. The summed E-state index contributed by atoms with van der Waals surface area (Å²) < 4.78 is 29.3. The number of esters is 1. The molecule has 0 spiro atoms. The second-order valence-corrected chi connectivity index (χ2v) is 10.8. The van der Waals surface area contributed by atoms with Crippen LogP contribution in [0.4, 0.5) is 0 Å². The van der Waals surface area contributed by atoms with Gasteiger partial charge in [-0.25, -0.2) is 4.79 Å². The van der Waals surface area contributed by atoms with Gasteiger partial charge in [-0.3, -0.25) is 0 Å². The highest BCUT2D eigenvalue weighted by molar-refractivity contribution is 9.10. The monoisotopic (exact) mass is 676 g/mol. The van der Waals surface area contributed by atoms with Gasteiger partial charge in [-0.2, -0.15) is 0 Å². The topological polar surface area (TPSA) is 63.2 Å². The van der Waals surface area contributed by atoms with E-state index in [1.54, 1.807) is 14.0 Å². The van der Waals surface area contributed by atoms with Crippen molar-refractivity contribution in [3.8, 4) is 16.9 Å². The molecule has 216 valence electrons. The van der Waals surface area contributed by atoms with Gasteiger partial charge in [0.05, 0.1) is 39.6 Å². The highest BCUT2D eigenvalue weighted by Crippen LogP contribution is 2.53. The SMILES string of the molecule is CC.CCOC(=O)c1cc(C2(C)c3cc(Br)ccc3-c3ccc(Br)cc32)ccc1OCCOCCOCCOC. The van der Waals surface area contributed by atoms with Crippen LogP contribution >= 0.6 is 31.9 Å². The molecule has 0 atom stereocenters. The Bertz CT molecular complexity index is 1220. The summed E-state index contributed by atoms with van der Waals surface area (Å²) in [5.41, 5.74) is 5.60. The summed E-state index contributed by atoms with van der Waals surface area (Å²) in [4.78, 5) is 13.0. The van der Waals surface area contributed by atoms with Gasteiger partial charge in [-0.05, 0) is 78.1 Å². The number of halogens is 2. The second kappa shape index (κ2) is 15.7. The summed E-state index contributed by atoms with van der Waals surface area (Å²) >= 11 is 7.30. The van der Waals surface area contributed by atoms with Gasteiger partial charge in [-0.1, -0.05) is 63.9 Å². The van der Waals surface area contributed by atoms with Gasteiger partial charge in [0.15, 0.2) is 0 Å². The van der Waals surface area contributed by atoms with Crippen LogP contribution in [0, 0.1) is 0 Å². The van der Waals surface area contributed by atoms with Gasteiger partial charge in [-0.15, -0.1) is 0 Å². The van der Waals surface area contributed by atoms with Crippen LogP contribution in [0.2, 0.25) is 0 Å². The van der Waals surface area contributed by atoms with Crippen LogP contribution in [0.3, 0.4) is 0 Å². The molecule has 0 radical (unpaired) electrons. The zero-order valence-electron chi connectivity index (χ0n) is 23.9. The number of methoxy groups -OCH3 is 1. The number of fused-ring (bicyclic) bond motifs is 3. The van der Waals surface area contributed by atoms with Crippen LogP contribution in [0.15, 0.2) is 63.5 Å². The predicted molar refractivity (Wildman–Crippen MR) is 166 cm³/mol. The number of carbonyl (C=O) groups is 1. The minimum atomic E-state index is -0.482. The van der Waals surface area contributed by atoms with Gasteiger partial charge < -0.3 is 23.7 Å². The summed E-state index contributed by atoms with van der Waals surface area (Å²) in [5, 5.41) is 0. The minimum absolute atomic E-state index is 0.275. The van der Waals surface area contributed by atoms with Crippen molar-refractivity contribution in [1.29, 1.82) is 0 Å². The number of carbonyl (C=O) groups excluding carboxylic acids is 1. The number of hydrogen-bond donors (Lipinski definition) is 0. The first-order chi connectivity index (χ1) is 19.4. The number of hydrogen-bond acceptors (Lipinski definition) is 6. The molecule has 0 aromatic heterocycles. The Morgan fingerprint density at radius 1 is 0.775 bits per heavy atom. The molecule has 0 saturated carbocycles. The van der Waals surface area contributed by atoms with Crippen molar-refractivity contribution in [2.75, 3.05) is 53.4 Å². The van der Waals surface area contributed by atoms with E-state index in [0.717, 1.165) is 14.5 Å². The quantitative estimate of drug-likeness (QED) is 0.136. The Morgan fingerprint density at radius 2 is 1.32 bits per heavy atom. The van der Waals surface area contributed by atoms with Crippen molar-refractivity contribution in [2.24, 2.45) is 0 Å². The lowest BCUT2D eigenvalue weighted by atomic mass is 9.74. The molecule has 0 amide bonds. The zero-order valence-corrected chi connectivity index (χ0v) is 27.0. The highest BCUT2D eigenvalue weighted by atomic mass is 79.9. The third-order valence-corrected chi connectivity index (χ3v) is 7.66. The molecule has 0 aliphatic heterocycles. The normalized spacial score (nSPS) is 12.7. The molecule has 6 nitrogen and oxygen atoms in total. The average molecular weight is 678 g/mol. The minimum Gasteiger partial charge on any atom is -0.490 e. The van der Waals surface area contributed by atoms with E-state index in [4.69, 9.17) is 23.7 Å². The molecule has 8 heteroatoms. The zero-order chi connectivity index (χ0) is 29.1. The maximum Gasteiger partial charge on any atom is 0.341 e. The first kappa shape index (κ1) is 32.3. The molecule has 0 unspecified atom stereocenters. The maximum atomic E-state index is 13.0. The Hall–Kier alpha value is -2.23. The van der Waals surface area contributed by atoms with Gasteiger partial charge in [0.1, 0.15) is 17.9 Å². The van der Waals surface area contributed by atoms with E-state index in [2.05, 4.69) is 75.2 Å². The fourth-order valence-corrected chi connectivity index (χ4v) is 5.52. The van der Waals surface area contributed by atoms with Gasteiger partial charge in [0.2, 0.25) is 0 Å². The van der Waals surface area contributed by atoms with E-state index in [-0.39, 0.29) is 6.61 Å². The predicted octanol–water partition coefficient (Wildman–Crippen LogP) is 7.81. The summed E-state index contributed by atoms with van der Waals surface area (Å²) in [5.74, 6) is 0.0556. The van der Waals surface area contributed by atoms with Crippen LogP contribution in [0.1, 0.15) is 54.7 Å². The molecule has 1 aliphatic rings. The lowest BCUT2D eigenvalue weighted by Gasteiger charge is -2.29. The summed E-state index contributed by atoms with van der Waals surface area (Å²) in [6.45, 7) is 11.0. The fourth-order valence-electron chi connectivity index (χ4n) is 4.80. The molecule has 0 fully saturated rings. The van der Waals surface area contributed by atoms with Crippen molar-refractivity contribution in [1.82, 2.24) is 0 Å². The Kier molecular flexibility index (Phi) is 12.7. The third-order valence-electron chi connectivity index (χ3n) is 6.67. The third kappa shape index (κ3) is 7.34. The molecule has 4 rings (SSSR count). The summed E-state index contributed by atoms with van der Waals surface area (Å²) in [6, 6.07) is 18.5. The van der Waals surface area contributed by atoms with Crippen LogP contribution in [0.5, 0.6) is 5.75 Å². The van der Waals surface area contributed by atoms with E-state index in [9.17, 15) is 4.79 Å². The highest BCUT2D eigenvalue weighted by Gasteiger charge is 2.41. The summed E-state index contributed by atoms with van der Waals surface area (Å²) in [7, 11) is 1.64. The molecule has 1 aliphatic carbocycles. The van der Waals surface area contributed by atoms with E-state index in [1.807, 2.05) is 32.0 Å². The first-order valence-corrected chi connectivity index (χ1v) is 15.2. The van der Waals surface area contributed by atoms with Crippen LogP contribution < -0.4 is 4.74 Å². The molecule has 3 aromatic carbocycles. The number of benzene rings is 3. The largest absolute Gasteiger partial charge is 0.490 e. The number of rotatable bonds is 13. The van der Waals surface area contributed by atoms with Gasteiger partial charge >= 0.3 is 5.97 Å². The van der Waals surface area contributed by atoms with E-state index >= 15 is 0 Å². The standard InChI is InChI=1S/C30H32Br2O6.C2H6/c1-4-37-29(33)25-17-20(5-10-28(25)38-16-15-36-14-13-35-12-11-34-3)30(2)26-18-21(31)6-8-23(26)24-9-7-22(32)19-27(24)30;1-2/h5-10,17-19H,4,11-16H2,1-3H3;1-2H3. The first-order valence-electron chi connectivity index (χ1n) is 13.6. The fraction of sp³-hybridized carbons (Fsp3) is 0.406. The van der Waals surface area contributed by atoms with Crippen molar-refractivity contribution in [3.05, 3.63) is 85.8 Å². The Labute approximate surface area is 254 Å². The van der Waals surface area contributed by atoms with Crippen molar-refractivity contribution >= 4 is 37.8 Å². The summed E-state index contributed by atoms with van der Waals surface area (Å²) in [6.07, 6.45) is 0. The molecular weight excluding hydrogens is 640 g/mol. The molecule has 0 N–H and O–H groups in total.